The molecular formula is C64H109NO10. The summed E-state index contributed by atoms with van der Waals surface area (Å²) in [6.07, 6.45) is 57.4. The Morgan fingerprint density at radius 1 is 0.533 bits per heavy atom. The van der Waals surface area contributed by atoms with E-state index >= 15 is 0 Å². The first-order chi connectivity index (χ1) is 36.7. The molecule has 1 saturated heterocycles. The molecule has 0 saturated carbocycles. The average molecular weight is 1050 g/mol. The summed E-state index contributed by atoms with van der Waals surface area (Å²) in [6, 6.07) is -1.04. The number of aliphatic hydroxyl groups excluding tert-OH is 5. The summed E-state index contributed by atoms with van der Waals surface area (Å²) in [6.45, 7) is 5.59. The molecule has 0 spiro atoms. The van der Waals surface area contributed by atoms with Crippen LogP contribution in [-0.2, 0) is 23.8 Å². The number of esters is 1. The van der Waals surface area contributed by atoms with E-state index in [9.17, 15) is 35.1 Å². The van der Waals surface area contributed by atoms with E-state index in [1.807, 2.05) is 6.08 Å². The van der Waals surface area contributed by atoms with Gasteiger partial charge in [-0.3, -0.25) is 9.59 Å². The monoisotopic (exact) mass is 1050 g/mol. The van der Waals surface area contributed by atoms with Crippen molar-refractivity contribution < 1.29 is 49.3 Å². The van der Waals surface area contributed by atoms with Crippen LogP contribution < -0.4 is 5.32 Å². The molecule has 11 heteroatoms. The van der Waals surface area contributed by atoms with Gasteiger partial charge >= 0.3 is 5.97 Å². The summed E-state index contributed by atoms with van der Waals surface area (Å²) in [5.41, 5.74) is 0. The SMILES string of the molecule is CC/C=C\C/C=C\C/C=C\C/C=C\C/C=C\C/C=C\CCCCCCCC(O)C(=O)NC(COC1OC(CO)C(O)C(O)C1OC(=O)CCCCCCC/C=C\CCCC)C(O)/C=C/CCCCCCCCCCC. The van der Waals surface area contributed by atoms with E-state index in [0.29, 0.717) is 12.8 Å². The minimum Gasteiger partial charge on any atom is -0.454 e. The smallest absolute Gasteiger partial charge is 0.306 e. The molecule has 8 unspecified atom stereocenters. The van der Waals surface area contributed by atoms with Crippen LogP contribution in [0.1, 0.15) is 233 Å². The number of carbonyl (C=O) groups is 2. The van der Waals surface area contributed by atoms with Gasteiger partial charge in [-0.1, -0.05) is 227 Å². The molecule has 0 radical (unpaired) electrons. The Kier molecular flexibility index (Phi) is 47.6. The standard InChI is InChI=1S/C64H109NO10/c1-4-7-10-13-16-19-22-23-24-25-26-27-28-29-30-31-32-33-34-37-39-42-45-48-51-57(68)63(72)65-55(56(67)50-47-44-41-38-35-20-17-14-11-8-5-2)54-73-64-62(61(71)60(70)58(53-66)74-64)75-59(69)52-49-46-43-40-36-21-18-15-12-9-6-3/h7,10,15-16,18-19,23-24,26-27,29-30,32-33,47,50,55-58,60-62,64,66-68,70-71H,4-6,8-9,11-14,17,20-22,25,28,31,34-46,48-49,51-54H2,1-3H3,(H,65,72)/b10-7-,18-15-,19-16-,24-23-,27-26-,30-29-,33-32-,50-47+. The van der Waals surface area contributed by atoms with Gasteiger partial charge in [0.25, 0.3) is 0 Å². The third-order valence-corrected chi connectivity index (χ3v) is 13.5. The lowest BCUT2D eigenvalue weighted by Crippen LogP contribution is -2.61. The molecule has 430 valence electrons. The van der Waals surface area contributed by atoms with Crippen LogP contribution in [0.3, 0.4) is 0 Å². The lowest BCUT2D eigenvalue weighted by Gasteiger charge is -2.41. The van der Waals surface area contributed by atoms with Crippen molar-refractivity contribution in [2.24, 2.45) is 0 Å². The molecule has 0 aromatic carbocycles. The Morgan fingerprint density at radius 3 is 1.49 bits per heavy atom. The molecule has 1 fully saturated rings. The number of amides is 1. The second-order valence-electron chi connectivity index (χ2n) is 20.3. The molecular weight excluding hydrogens is 943 g/mol. The van der Waals surface area contributed by atoms with Crippen molar-refractivity contribution in [3.8, 4) is 0 Å². The van der Waals surface area contributed by atoms with Crippen molar-refractivity contribution in [2.45, 2.75) is 282 Å². The second kappa shape index (κ2) is 51.3. The minimum absolute atomic E-state index is 0.107. The van der Waals surface area contributed by atoms with Crippen LogP contribution in [0.4, 0.5) is 0 Å². The number of carbonyl (C=O) groups excluding carboxylic acids is 2. The molecule has 1 aliphatic rings. The maximum Gasteiger partial charge on any atom is 0.306 e. The molecule has 1 aliphatic heterocycles. The first kappa shape index (κ1) is 69.6. The Hall–Kier alpha value is -3.42. The summed E-state index contributed by atoms with van der Waals surface area (Å²) in [7, 11) is 0. The predicted octanol–water partition coefficient (Wildman–Crippen LogP) is 13.9. The van der Waals surface area contributed by atoms with Crippen molar-refractivity contribution >= 4 is 11.9 Å². The van der Waals surface area contributed by atoms with Crippen molar-refractivity contribution in [3.05, 3.63) is 97.2 Å². The number of unbranched alkanes of at least 4 members (excludes halogenated alkanes) is 21. The molecule has 1 amide bonds. The first-order valence-corrected chi connectivity index (χ1v) is 30.0. The van der Waals surface area contributed by atoms with Crippen molar-refractivity contribution in [1.29, 1.82) is 0 Å². The zero-order chi connectivity index (χ0) is 54.7. The Labute approximate surface area is 456 Å². The number of aliphatic hydroxyl groups is 5. The average Bonchev–Trinajstić information content (AvgIpc) is 3.41. The highest BCUT2D eigenvalue weighted by Gasteiger charge is 2.47. The normalized spacial score (nSPS) is 19.9. The Morgan fingerprint density at radius 2 is 0.973 bits per heavy atom. The number of rotatable bonds is 49. The van der Waals surface area contributed by atoms with Crippen LogP contribution >= 0.6 is 0 Å². The molecule has 6 N–H and O–H groups in total. The van der Waals surface area contributed by atoms with E-state index in [0.717, 1.165) is 135 Å². The zero-order valence-electron chi connectivity index (χ0n) is 47.4. The van der Waals surface area contributed by atoms with Gasteiger partial charge in [-0.15, -0.1) is 0 Å². The number of ether oxygens (including phenoxy) is 3. The molecule has 0 aromatic rings. The van der Waals surface area contributed by atoms with Crippen LogP contribution in [0, 0.1) is 0 Å². The van der Waals surface area contributed by atoms with E-state index in [4.69, 9.17) is 14.2 Å². The van der Waals surface area contributed by atoms with Crippen LogP contribution in [-0.4, -0.2) is 99.6 Å². The molecule has 1 heterocycles. The third kappa shape index (κ3) is 39.6. The molecule has 1 rings (SSSR count). The quantitative estimate of drug-likeness (QED) is 0.0195. The van der Waals surface area contributed by atoms with Crippen LogP contribution in [0.25, 0.3) is 0 Å². The van der Waals surface area contributed by atoms with Gasteiger partial charge in [0.15, 0.2) is 12.4 Å². The van der Waals surface area contributed by atoms with E-state index in [-0.39, 0.29) is 19.4 Å². The Balaban J connectivity index is 2.66. The summed E-state index contributed by atoms with van der Waals surface area (Å²) >= 11 is 0. The van der Waals surface area contributed by atoms with Gasteiger partial charge in [0.05, 0.1) is 25.4 Å². The summed E-state index contributed by atoms with van der Waals surface area (Å²) < 4.78 is 17.5. The van der Waals surface area contributed by atoms with Gasteiger partial charge in [-0.05, 0) is 96.3 Å². The highest BCUT2D eigenvalue weighted by atomic mass is 16.7. The highest BCUT2D eigenvalue weighted by molar-refractivity contribution is 5.80. The van der Waals surface area contributed by atoms with E-state index < -0.39 is 67.4 Å². The van der Waals surface area contributed by atoms with Crippen molar-refractivity contribution in [1.82, 2.24) is 5.32 Å². The van der Waals surface area contributed by atoms with Gasteiger partial charge in [0, 0.05) is 6.42 Å². The van der Waals surface area contributed by atoms with Gasteiger partial charge in [-0.2, -0.15) is 0 Å². The van der Waals surface area contributed by atoms with Crippen molar-refractivity contribution in [2.75, 3.05) is 13.2 Å². The van der Waals surface area contributed by atoms with Gasteiger partial charge < -0.3 is 45.1 Å². The topological polar surface area (TPSA) is 175 Å². The lowest BCUT2D eigenvalue weighted by molar-refractivity contribution is -0.305. The van der Waals surface area contributed by atoms with Gasteiger partial charge in [-0.25, -0.2) is 0 Å². The van der Waals surface area contributed by atoms with E-state index in [1.165, 1.54) is 51.4 Å². The van der Waals surface area contributed by atoms with E-state index in [2.05, 4.69) is 111 Å². The molecule has 0 aliphatic carbocycles. The lowest BCUT2D eigenvalue weighted by atomic mass is 9.99. The number of nitrogens with one attached hydrogen (secondary N) is 1. The molecule has 0 aromatic heterocycles. The fraction of sp³-hybridized carbons (Fsp3) is 0.719. The predicted molar refractivity (Wildman–Crippen MR) is 310 cm³/mol. The van der Waals surface area contributed by atoms with Gasteiger partial charge in [0.1, 0.15) is 24.4 Å². The maximum atomic E-state index is 13.4. The van der Waals surface area contributed by atoms with Crippen LogP contribution in [0.5, 0.6) is 0 Å². The fourth-order valence-electron chi connectivity index (χ4n) is 8.69. The maximum absolute atomic E-state index is 13.4. The van der Waals surface area contributed by atoms with Crippen LogP contribution in [0.15, 0.2) is 97.2 Å². The first-order valence-electron chi connectivity index (χ1n) is 30.0. The summed E-state index contributed by atoms with van der Waals surface area (Å²) in [4.78, 5) is 26.4. The van der Waals surface area contributed by atoms with E-state index in [1.54, 1.807) is 6.08 Å². The second-order valence-corrected chi connectivity index (χ2v) is 20.3. The molecule has 11 nitrogen and oxygen atoms in total. The molecule has 75 heavy (non-hydrogen) atoms. The van der Waals surface area contributed by atoms with Gasteiger partial charge in [0.2, 0.25) is 5.91 Å². The minimum atomic E-state index is -1.62. The zero-order valence-corrected chi connectivity index (χ0v) is 47.4. The molecule has 0 bridgehead atoms. The summed E-state index contributed by atoms with van der Waals surface area (Å²) in [5.74, 6) is -1.23. The third-order valence-electron chi connectivity index (χ3n) is 13.5. The highest BCUT2D eigenvalue weighted by Crippen LogP contribution is 2.26. The largest absolute Gasteiger partial charge is 0.454 e. The molecule has 8 atom stereocenters. The number of allylic oxidation sites excluding steroid dienone is 15. The van der Waals surface area contributed by atoms with Crippen molar-refractivity contribution in [3.63, 3.8) is 0 Å². The Bertz CT molecular complexity index is 1580. The summed E-state index contributed by atoms with van der Waals surface area (Å²) in [5, 5.41) is 56.8. The fourth-order valence-corrected chi connectivity index (χ4v) is 8.69. The van der Waals surface area contributed by atoms with Crippen LogP contribution in [0.2, 0.25) is 0 Å². The number of hydrogen-bond acceptors (Lipinski definition) is 10. The number of hydrogen-bond donors (Lipinski definition) is 6.